The van der Waals surface area contributed by atoms with Gasteiger partial charge in [0.15, 0.2) is 11.5 Å². The number of halogens is 3. The Morgan fingerprint density at radius 2 is 2.06 bits per heavy atom. The highest BCUT2D eigenvalue weighted by molar-refractivity contribution is 6.76. The minimum absolute atomic E-state index is 0.0217. The molecule has 0 aliphatic carbocycles. The number of benzene rings is 1. The first kappa shape index (κ1) is 25.8. The molecule has 3 N–H and O–H groups in total. The Hall–Kier alpha value is -3.32. The van der Waals surface area contributed by atoms with Crippen molar-refractivity contribution in [1.82, 2.24) is 14.8 Å². The second-order valence-electron chi connectivity index (χ2n) is 10.00. The molecule has 3 heterocycles. The number of aromatic nitrogens is 3. The van der Waals surface area contributed by atoms with E-state index in [1.807, 2.05) is 0 Å². The zero-order chi connectivity index (χ0) is 26.0. The van der Waals surface area contributed by atoms with Gasteiger partial charge in [-0.15, -0.1) is 5.11 Å². The zero-order valence-electron chi connectivity index (χ0n) is 20.4. The Labute approximate surface area is 207 Å². The molecule has 192 valence electrons. The van der Waals surface area contributed by atoms with Crippen LogP contribution in [0.25, 0.3) is 11.0 Å². The van der Waals surface area contributed by atoms with E-state index in [0.29, 0.717) is 29.0 Å². The van der Waals surface area contributed by atoms with E-state index in [9.17, 15) is 13.2 Å². The summed E-state index contributed by atoms with van der Waals surface area (Å²) in [6.45, 7) is 7.36. The standard InChI is InChI=1S/C23H29F3N8OSi/c1-36(2,3)7-6-35-13-34-22-18(8-14(11-29-22)21(30-27)31-28)23(32-34)33-12-16(25)10-20(33)17-9-15(24)4-5-19(17)26/h4-5,8-9,11,16,20,27H,6-7,10,12-13,28H2,1-3H3/t16-,20+/m0/s1. The van der Waals surface area contributed by atoms with Crippen LogP contribution < -0.4 is 10.7 Å². The summed E-state index contributed by atoms with van der Waals surface area (Å²) < 4.78 is 50.8. The van der Waals surface area contributed by atoms with Gasteiger partial charge in [0.1, 0.15) is 24.5 Å². The van der Waals surface area contributed by atoms with Gasteiger partial charge in [0.05, 0.1) is 18.0 Å². The smallest absolute Gasteiger partial charge is 0.201 e. The normalized spacial score (nSPS) is 18.8. The summed E-state index contributed by atoms with van der Waals surface area (Å²) in [6, 6.07) is 5.00. The van der Waals surface area contributed by atoms with Gasteiger partial charge in [-0.25, -0.2) is 28.4 Å². The van der Waals surface area contributed by atoms with Gasteiger partial charge in [0, 0.05) is 38.4 Å². The first-order chi connectivity index (χ1) is 17.1. The summed E-state index contributed by atoms with van der Waals surface area (Å²) in [5.41, 5.74) is 8.19. The van der Waals surface area contributed by atoms with Crippen LogP contribution >= 0.6 is 0 Å². The number of amidine groups is 1. The molecule has 2 aromatic heterocycles. The third-order valence-electron chi connectivity index (χ3n) is 6.10. The maximum atomic E-state index is 14.7. The molecule has 1 aliphatic heterocycles. The first-order valence-corrected chi connectivity index (χ1v) is 15.3. The number of nitrogens with one attached hydrogen (secondary N) is 1. The van der Waals surface area contributed by atoms with Crippen LogP contribution in [0.2, 0.25) is 25.7 Å². The lowest BCUT2D eigenvalue weighted by atomic mass is 10.0. The number of nitrogens with two attached hydrogens (primary N) is 1. The second-order valence-corrected chi connectivity index (χ2v) is 15.6. The van der Waals surface area contributed by atoms with Crippen molar-refractivity contribution in [1.29, 1.82) is 5.53 Å². The Kier molecular flexibility index (Phi) is 7.40. The fourth-order valence-corrected chi connectivity index (χ4v) is 5.01. The van der Waals surface area contributed by atoms with Gasteiger partial charge in [-0.1, -0.05) is 19.6 Å². The predicted molar refractivity (Wildman–Crippen MR) is 133 cm³/mol. The highest BCUT2D eigenvalue weighted by atomic mass is 28.3. The third kappa shape index (κ3) is 5.41. The molecule has 1 aliphatic rings. The lowest BCUT2D eigenvalue weighted by Crippen LogP contribution is -2.25. The van der Waals surface area contributed by atoms with Gasteiger partial charge in [0.25, 0.3) is 0 Å². The highest BCUT2D eigenvalue weighted by Crippen LogP contribution is 2.40. The van der Waals surface area contributed by atoms with Crippen molar-refractivity contribution < 1.29 is 17.9 Å². The second kappa shape index (κ2) is 10.3. The van der Waals surface area contributed by atoms with Crippen LogP contribution in [0.4, 0.5) is 19.0 Å². The number of alkyl halides is 1. The number of hydrogen-bond donors (Lipinski definition) is 2. The summed E-state index contributed by atoms with van der Waals surface area (Å²) >= 11 is 0. The Morgan fingerprint density at radius 1 is 1.28 bits per heavy atom. The number of hydrogen-bond acceptors (Lipinski definition) is 7. The van der Waals surface area contributed by atoms with E-state index in [2.05, 4.69) is 39.9 Å². The first-order valence-electron chi connectivity index (χ1n) is 11.6. The number of ether oxygens (including phenoxy) is 1. The van der Waals surface area contributed by atoms with Crippen LogP contribution in [-0.2, 0) is 11.5 Å². The number of pyridine rings is 1. The van der Waals surface area contributed by atoms with Gasteiger partial charge in [-0.2, -0.15) is 10.2 Å². The molecular weight excluding hydrogens is 489 g/mol. The van der Waals surface area contributed by atoms with Crippen LogP contribution in [0, 0.1) is 17.2 Å². The number of hydrazone groups is 1. The Morgan fingerprint density at radius 3 is 2.75 bits per heavy atom. The average molecular weight is 519 g/mol. The largest absolute Gasteiger partial charge is 0.359 e. The van der Waals surface area contributed by atoms with Gasteiger partial charge in [0.2, 0.25) is 5.84 Å². The minimum atomic E-state index is -1.30. The summed E-state index contributed by atoms with van der Waals surface area (Å²) in [5.74, 6) is 4.42. The van der Waals surface area contributed by atoms with Crippen molar-refractivity contribution in [2.45, 2.75) is 51.1 Å². The monoisotopic (exact) mass is 518 g/mol. The van der Waals surface area contributed by atoms with E-state index in [0.717, 1.165) is 24.2 Å². The van der Waals surface area contributed by atoms with E-state index in [1.54, 1.807) is 15.6 Å². The lowest BCUT2D eigenvalue weighted by molar-refractivity contribution is 0.0814. The van der Waals surface area contributed by atoms with E-state index in [4.69, 9.17) is 16.1 Å². The van der Waals surface area contributed by atoms with Gasteiger partial charge < -0.3 is 15.5 Å². The number of rotatable bonds is 8. The molecule has 36 heavy (non-hydrogen) atoms. The molecule has 13 heteroatoms. The molecule has 4 rings (SSSR count). The molecule has 0 bridgehead atoms. The van der Waals surface area contributed by atoms with Crippen LogP contribution in [0.3, 0.4) is 0 Å². The maximum Gasteiger partial charge on any atom is 0.201 e. The van der Waals surface area contributed by atoms with Crippen LogP contribution in [0.5, 0.6) is 0 Å². The SMILES string of the molecule is C[Si](C)(C)CCOCn1nc(N2C[C@@H](F)C[C@@H]2c2cc(F)ccc2F)c2cc(C(N=N)=NN)cnc21. The van der Waals surface area contributed by atoms with Crippen molar-refractivity contribution in [2.24, 2.45) is 16.1 Å². The molecule has 3 aromatic rings. The maximum absolute atomic E-state index is 14.7. The molecule has 2 atom stereocenters. The van der Waals surface area contributed by atoms with Crippen LogP contribution in [0.15, 0.2) is 40.7 Å². The molecule has 1 saturated heterocycles. The van der Waals surface area contributed by atoms with E-state index < -0.39 is 31.9 Å². The van der Waals surface area contributed by atoms with E-state index in [1.165, 1.54) is 6.20 Å². The molecule has 0 radical (unpaired) electrons. The number of nitrogens with zero attached hydrogens (tertiary/aromatic N) is 6. The number of anilines is 1. The molecule has 0 spiro atoms. The fourth-order valence-electron chi connectivity index (χ4n) is 4.25. The molecular formula is C23H29F3N8OSi. The summed E-state index contributed by atoms with van der Waals surface area (Å²) in [4.78, 5) is 6.08. The summed E-state index contributed by atoms with van der Waals surface area (Å²) in [6.07, 6.45) is 0.167. The molecule has 0 unspecified atom stereocenters. The third-order valence-corrected chi connectivity index (χ3v) is 7.81. The van der Waals surface area contributed by atoms with Crippen LogP contribution in [-0.4, -0.2) is 48.0 Å². The highest BCUT2D eigenvalue weighted by Gasteiger charge is 2.37. The van der Waals surface area contributed by atoms with Crippen molar-refractivity contribution in [3.05, 3.63) is 53.2 Å². The number of fused-ring (bicyclic) bond motifs is 1. The van der Waals surface area contributed by atoms with Gasteiger partial charge in [-0.3, -0.25) is 0 Å². The van der Waals surface area contributed by atoms with Crippen molar-refractivity contribution in [3.8, 4) is 0 Å². The Balaban J connectivity index is 1.78. The molecule has 0 amide bonds. The zero-order valence-corrected chi connectivity index (χ0v) is 21.4. The topological polar surface area (TPSA) is 118 Å². The molecule has 9 nitrogen and oxygen atoms in total. The minimum Gasteiger partial charge on any atom is -0.359 e. The average Bonchev–Trinajstić information content (AvgIpc) is 3.38. The van der Waals surface area contributed by atoms with E-state index in [-0.39, 0.29) is 31.1 Å². The van der Waals surface area contributed by atoms with E-state index >= 15 is 0 Å². The van der Waals surface area contributed by atoms with Gasteiger partial charge >= 0.3 is 0 Å². The fraction of sp³-hybridized carbons (Fsp3) is 0.435. The summed E-state index contributed by atoms with van der Waals surface area (Å²) in [7, 11) is -1.30. The quantitative estimate of drug-likeness (QED) is 0.0831. The van der Waals surface area contributed by atoms with Crippen molar-refractivity contribution in [3.63, 3.8) is 0 Å². The van der Waals surface area contributed by atoms with Crippen molar-refractivity contribution >= 4 is 30.8 Å². The van der Waals surface area contributed by atoms with Crippen LogP contribution in [0.1, 0.15) is 23.6 Å². The molecule has 1 aromatic carbocycles. The Bertz CT molecular complexity index is 1290. The van der Waals surface area contributed by atoms with Gasteiger partial charge in [-0.05, 0) is 30.3 Å². The molecule has 1 fully saturated rings. The predicted octanol–water partition coefficient (Wildman–Crippen LogP) is 4.96. The molecule has 0 saturated carbocycles. The van der Waals surface area contributed by atoms with Crippen molar-refractivity contribution in [2.75, 3.05) is 18.1 Å². The lowest BCUT2D eigenvalue weighted by Gasteiger charge is -2.25. The summed E-state index contributed by atoms with van der Waals surface area (Å²) in [5, 5.41) is 12.0.